The summed E-state index contributed by atoms with van der Waals surface area (Å²) in [7, 11) is 0. The molecule has 0 spiro atoms. The number of carbonyl (C=O) groups excluding carboxylic acids is 3. The number of nitrogens with zero attached hydrogens (tertiary/aromatic N) is 3. The molecule has 2 fully saturated rings. The van der Waals surface area contributed by atoms with Crippen molar-refractivity contribution in [3.8, 4) is 0 Å². The van der Waals surface area contributed by atoms with E-state index >= 15 is 0 Å². The fourth-order valence-electron chi connectivity index (χ4n) is 3.58. The van der Waals surface area contributed by atoms with Gasteiger partial charge in [-0.1, -0.05) is 0 Å². The molecule has 166 valence electrons. The lowest BCUT2D eigenvalue weighted by Crippen LogP contribution is -2.48. The first-order chi connectivity index (χ1) is 13.4. The average Bonchev–Trinajstić information content (AvgIpc) is 2.84. The van der Waals surface area contributed by atoms with Gasteiger partial charge in [-0.25, -0.2) is 9.59 Å². The van der Waals surface area contributed by atoms with Gasteiger partial charge in [0.1, 0.15) is 11.2 Å². The number of likely N-dealkylation sites (tertiary alicyclic amines) is 1. The molecule has 0 aromatic carbocycles. The fourth-order valence-corrected chi connectivity index (χ4v) is 3.58. The van der Waals surface area contributed by atoms with E-state index < -0.39 is 11.2 Å². The molecule has 0 N–H and O–H groups in total. The maximum atomic E-state index is 13.1. The highest BCUT2D eigenvalue weighted by molar-refractivity contribution is 5.80. The number of carbonyl (C=O) groups is 3. The summed E-state index contributed by atoms with van der Waals surface area (Å²) in [6, 6.07) is 0. The SMILES string of the molecule is CC(C)(C)OC(=O)N1CCCN(C(=O)C2CCCN(C(=O)OC(C)(C)C)C2)CC1. The van der Waals surface area contributed by atoms with Crippen molar-refractivity contribution in [2.45, 2.75) is 72.0 Å². The maximum Gasteiger partial charge on any atom is 0.410 e. The van der Waals surface area contributed by atoms with Crippen molar-refractivity contribution in [1.29, 1.82) is 0 Å². The van der Waals surface area contributed by atoms with Gasteiger partial charge in [0.25, 0.3) is 0 Å². The number of hydrogen-bond acceptors (Lipinski definition) is 5. The Kier molecular flexibility index (Phi) is 7.40. The molecule has 2 rings (SSSR count). The van der Waals surface area contributed by atoms with Crippen molar-refractivity contribution in [3.05, 3.63) is 0 Å². The number of amides is 3. The minimum Gasteiger partial charge on any atom is -0.444 e. The molecular formula is C21H37N3O5. The van der Waals surface area contributed by atoms with Crippen LogP contribution >= 0.6 is 0 Å². The van der Waals surface area contributed by atoms with Crippen molar-refractivity contribution in [2.75, 3.05) is 39.3 Å². The fraction of sp³-hybridized carbons (Fsp3) is 0.857. The van der Waals surface area contributed by atoms with Crippen LogP contribution in [0.2, 0.25) is 0 Å². The second-order valence-corrected chi connectivity index (χ2v) is 9.91. The Bertz CT molecular complexity index is 608. The second kappa shape index (κ2) is 9.22. The van der Waals surface area contributed by atoms with Crippen LogP contribution in [0.3, 0.4) is 0 Å². The highest BCUT2D eigenvalue weighted by Gasteiger charge is 2.34. The lowest BCUT2D eigenvalue weighted by Gasteiger charge is -2.35. The highest BCUT2D eigenvalue weighted by atomic mass is 16.6. The van der Waals surface area contributed by atoms with E-state index in [2.05, 4.69) is 0 Å². The predicted octanol–water partition coefficient (Wildman–Crippen LogP) is 3.10. The van der Waals surface area contributed by atoms with E-state index in [-0.39, 0.29) is 24.0 Å². The molecule has 0 aromatic rings. The molecule has 2 aliphatic heterocycles. The zero-order chi connectivity index (χ0) is 21.8. The lowest BCUT2D eigenvalue weighted by atomic mass is 9.96. The third-order valence-electron chi connectivity index (χ3n) is 4.88. The molecule has 0 aromatic heterocycles. The van der Waals surface area contributed by atoms with E-state index in [9.17, 15) is 14.4 Å². The third-order valence-corrected chi connectivity index (χ3v) is 4.88. The predicted molar refractivity (Wildman–Crippen MR) is 110 cm³/mol. The molecule has 2 heterocycles. The molecule has 0 saturated carbocycles. The number of piperidine rings is 1. The van der Waals surface area contributed by atoms with Gasteiger partial charge < -0.3 is 24.2 Å². The molecule has 2 aliphatic rings. The van der Waals surface area contributed by atoms with Crippen LogP contribution in [-0.4, -0.2) is 83.3 Å². The molecule has 0 bridgehead atoms. The summed E-state index contributed by atoms with van der Waals surface area (Å²) >= 11 is 0. The van der Waals surface area contributed by atoms with E-state index in [0.717, 1.165) is 12.8 Å². The summed E-state index contributed by atoms with van der Waals surface area (Å²) in [5.74, 6) is -0.159. The molecule has 2 saturated heterocycles. The summed E-state index contributed by atoms with van der Waals surface area (Å²) < 4.78 is 10.9. The van der Waals surface area contributed by atoms with Crippen LogP contribution in [0, 0.1) is 5.92 Å². The van der Waals surface area contributed by atoms with Crippen molar-refractivity contribution in [3.63, 3.8) is 0 Å². The molecule has 3 amide bonds. The van der Waals surface area contributed by atoms with E-state index in [0.29, 0.717) is 45.7 Å². The first-order valence-electron chi connectivity index (χ1n) is 10.6. The summed E-state index contributed by atoms with van der Waals surface area (Å²) in [6.07, 6.45) is 1.58. The van der Waals surface area contributed by atoms with Gasteiger partial charge in [0.05, 0.1) is 5.92 Å². The summed E-state index contributed by atoms with van der Waals surface area (Å²) in [5, 5.41) is 0. The third kappa shape index (κ3) is 7.40. The molecular weight excluding hydrogens is 374 g/mol. The molecule has 8 heteroatoms. The van der Waals surface area contributed by atoms with Crippen LogP contribution in [-0.2, 0) is 14.3 Å². The maximum absolute atomic E-state index is 13.1. The summed E-state index contributed by atoms with van der Waals surface area (Å²) in [4.78, 5) is 42.9. The number of rotatable bonds is 1. The van der Waals surface area contributed by atoms with Gasteiger partial charge >= 0.3 is 12.2 Å². The summed E-state index contributed by atoms with van der Waals surface area (Å²) in [6.45, 7) is 14.2. The number of ether oxygens (including phenoxy) is 2. The minimum absolute atomic E-state index is 0.0595. The Balaban J connectivity index is 1.91. The largest absolute Gasteiger partial charge is 0.444 e. The minimum atomic E-state index is -0.552. The average molecular weight is 412 g/mol. The molecule has 1 atom stereocenters. The Hall–Kier alpha value is -1.99. The standard InChI is InChI=1S/C21H37N3O5/c1-20(2,3)28-18(26)23-12-8-11-22(13-14-23)17(25)16-9-7-10-24(15-16)19(27)29-21(4,5)6/h16H,7-15H2,1-6H3. The molecule has 29 heavy (non-hydrogen) atoms. The molecule has 0 radical (unpaired) electrons. The van der Waals surface area contributed by atoms with Crippen molar-refractivity contribution in [1.82, 2.24) is 14.7 Å². The lowest BCUT2D eigenvalue weighted by molar-refractivity contribution is -0.137. The van der Waals surface area contributed by atoms with Crippen LogP contribution in [0.1, 0.15) is 60.8 Å². The Labute approximate surface area is 174 Å². The van der Waals surface area contributed by atoms with Gasteiger partial charge in [0, 0.05) is 39.3 Å². The summed E-state index contributed by atoms with van der Waals surface area (Å²) in [5.41, 5.74) is -1.09. The first-order valence-corrected chi connectivity index (χ1v) is 10.6. The van der Waals surface area contributed by atoms with Crippen LogP contribution < -0.4 is 0 Å². The van der Waals surface area contributed by atoms with Gasteiger partial charge in [-0.2, -0.15) is 0 Å². The van der Waals surface area contributed by atoms with Gasteiger partial charge in [0.15, 0.2) is 0 Å². The van der Waals surface area contributed by atoms with Gasteiger partial charge in [-0.15, -0.1) is 0 Å². The van der Waals surface area contributed by atoms with Gasteiger partial charge in [-0.3, -0.25) is 4.79 Å². The van der Waals surface area contributed by atoms with Crippen molar-refractivity contribution >= 4 is 18.1 Å². The molecule has 0 aliphatic carbocycles. The Morgan fingerprint density at radius 1 is 0.690 bits per heavy atom. The van der Waals surface area contributed by atoms with E-state index in [1.54, 1.807) is 9.80 Å². The van der Waals surface area contributed by atoms with Gasteiger partial charge in [0.2, 0.25) is 5.91 Å². The quantitative estimate of drug-likeness (QED) is 0.662. The van der Waals surface area contributed by atoms with E-state index in [1.165, 1.54) is 0 Å². The van der Waals surface area contributed by atoms with Crippen LogP contribution in [0.25, 0.3) is 0 Å². The monoisotopic (exact) mass is 411 g/mol. The zero-order valence-corrected chi connectivity index (χ0v) is 18.8. The van der Waals surface area contributed by atoms with Crippen molar-refractivity contribution in [2.24, 2.45) is 5.92 Å². The van der Waals surface area contributed by atoms with Crippen LogP contribution in [0.15, 0.2) is 0 Å². The Morgan fingerprint density at radius 3 is 1.76 bits per heavy atom. The second-order valence-electron chi connectivity index (χ2n) is 9.91. The van der Waals surface area contributed by atoms with Crippen LogP contribution in [0.5, 0.6) is 0 Å². The van der Waals surface area contributed by atoms with E-state index in [1.807, 2.05) is 46.4 Å². The van der Waals surface area contributed by atoms with Gasteiger partial charge in [-0.05, 0) is 60.8 Å². The molecule has 8 nitrogen and oxygen atoms in total. The number of hydrogen-bond donors (Lipinski definition) is 0. The topological polar surface area (TPSA) is 79.4 Å². The Morgan fingerprint density at radius 2 is 1.17 bits per heavy atom. The van der Waals surface area contributed by atoms with Crippen molar-refractivity contribution < 1.29 is 23.9 Å². The first kappa shape index (κ1) is 23.3. The van der Waals surface area contributed by atoms with E-state index in [4.69, 9.17) is 9.47 Å². The van der Waals surface area contributed by atoms with Crippen LogP contribution in [0.4, 0.5) is 9.59 Å². The normalized spacial score (nSPS) is 21.4. The molecule has 1 unspecified atom stereocenters. The highest BCUT2D eigenvalue weighted by Crippen LogP contribution is 2.22. The smallest absolute Gasteiger partial charge is 0.410 e. The zero-order valence-electron chi connectivity index (χ0n) is 18.8.